The molecule has 1 saturated carbocycles. The van der Waals surface area contributed by atoms with E-state index in [1.807, 2.05) is 0 Å². The number of hydrogen-bond donors (Lipinski definition) is 1. The van der Waals surface area contributed by atoms with Gasteiger partial charge in [0.15, 0.2) is 0 Å². The van der Waals surface area contributed by atoms with Gasteiger partial charge in [0.1, 0.15) is 0 Å². The molecule has 2 rings (SSSR count). The van der Waals surface area contributed by atoms with E-state index in [0.29, 0.717) is 0 Å². The smallest absolute Gasteiger partial charge is 0.00116 e. The zero-order valence-corrected chi connectivity index (χ0v) is 10.5. The quantitative estimate of drug-likeness (QED) is 0.677. The molecule has 1 heterocycles. The maximum Gasteiger partial charge on any atom is -0.00116 e. The summed E-state index contributed by atoms with van der Waals surface area (Å²) >= 11 is 0. The molecule has 1 aliphatic heterocycles. The Kier molecular flexibility index (Phi) is 6.35. The third-order valence-electron chi connectivity index (χ3n) is 3.60. The first kappa shape index (κ1) is 13.1. The fourth-order valence-electron chi connectivity index (χ4n) is 2.74. The zero-order chi connectivity index (χ0) is 9.64. The fraction of sp³-hybridized carbons (Fsp3) is 0.846. The molecule has 0 aromatic rings. The van der Waals surface area contributed by atoms with Crippen LogP contribution >= 0.6 is 12.4 Å². The minimum atomic E-state index is 0. The molecular weight excluding hydrogens is 206 g/mol. The molecule has 2 heteroatoms. The van der Waals surface area contributed by atoms with Crippen LogP contribution in [0, 0.1) is 5.92 Å². The summed E-state index contributed by atoms with van der Waals surface area (Å²) in [5.74, 6) is 0.928. The predicted molar refractivity (Wildman–Crippen MR) is 68.6 cm³/mol. The Bertz CT molecular complexity index is 185. The van der Waals surface area contributed by atoms with E-state index in [1.54, 1.807) is 5.57 Å². The summed E-state index contributed by atoms with van der Waals surface area (Å²) in [5, 5.41) is 3.47. The van der Waals surface area contributed by atoms with E-state index in [9.17, 15) is 0 Å². The van der Waals surface area contributed by atoms with E-state index < -0.39 is 0 Å². The topological polar surface area (TPSA) is 12.0 Å². The van der Waals surface area contributed by atoms with Gasteiger partial charge in [0.05, 0.1) is 0 Å². The predicted octanol–water partition coefficient (Wildman–Crippen LogP) is 3.69. The van der Waals surface area contributed by atoms with Crippen molar-refractivity contribution in [2.24, 2.45) is 5.92 Å². The van der Waals surface area contributed by atoms with Gasteiger partial charge in [-0.2, -0.15) is 0 Å². The summed E-state index contributed by atoms with van der Waals surface area (Å²) in [4.78, 5) is 0. The highest BCUT2D eigenvalue weighted by Gasteiger charge is 2.12. The molecule has 0 aromatic carbocycles. The molecule has 1 nitrogen and oxygen atoms in total. The molecule has 0 unspecified atom stereocenters. The molecule has 1 saturated heterocycles. The monoisotopic (exact) mass is 229 g/mol. The van der Waals surface area contributed by atoms with Gasteiger partial charge in [-0.1, -0.05) is 30.9 Å². The first-order valence-electron chi connectivity index (χ1n) is 6.35. The van der Waals surface area contributed by atoms with Crippen molar-refractivity contribution in [3.63, 3.8) is 0 Å². The van der Waals surface area contributed by atoms with Crippen LogP contribution in [-0.4, -0.2) is 13.1 Å². The van der Waals surface area contributed by atoms with Gasteiger partial charge in [-0.05, 0) is 51.1 Å². The molecule has 0 bridgehead atoms. The Morgan fingerprint density at radius 1 is 0.933 bits per heavy atom. The highest BCUT2D eigenvalue weighted by Crippen LogP contribution is 2.27. The summed E-state index contributed by atoms with van der Waals surface area (Å²) in [6.45, 7) is 2.43. The lowest BCUT2D eigenvalue weighted by molar-refractivity contribution is 0.416. The lowest BCUT2D eigenvalue weighted by Gasteiger charge is -2.19. The van der Waals surface area contributed by atoms with Gasteiger partial charge in [0.2, 0.25) is 0 Å². The SMILES string of the molecule is C(=C1CCCNCC1)C1CCCCC1.Cl. The van der Waals surface area contributed by atoms with Crippen molar-refractivity contribution in [2.45, 2.75) is 51.4 Å². The van der Waals surface area contributed by atoms with Crippen molar-refractivity contribution >= 4 is 12.4 Å². The Labute approximate surface area is 100 Å². The van der Waals surface area contributed by atoms with Gasteiger partial charge in [-0.3, -0.25) is 0 Å². The molecule has 2 fully saturated rings. The fourth-order valence-corrected chi connectivity index (χ4v) is 2.74. The van der Waals surface area contributed by atoms with E-state index in [1.165, 1.54) is 64.5 Å². The summed E-state index contributed by atoms with van der Waals surface area (Å²) in [6, 6.07) is 0. The molecule has 1 N–H and O–H groups in total. The highest BCUT2D eigenvalue weighted by molar-refractivity contribution is 5.85. The van der Waals surface area contributed by atoms with Gasteiger partial charge in [-0.15, -0.1) is 12.4 Å². The van der Waals surface area contributed by atoms with Crippen molar-refractivity contribution in [3.05, 3.63) is 11.6 Å². The summed E-state index contributed by atoms with van der Waals surface area (Å²) in [7, 11) is 0. The third-order valence-corrected chi connectivity index (χ3v) is 3.60. The van der Waals surface area contributed by atoms with Crippen LogP contribution in [0.1, 0.15) is 51.4 Å². The maximum absolute atomic E-state index is 3.47. The number of nitrogens with one attached hydrogen (secondary N) is 1. The van der Waals surface area contributed by atoms with Crippen LogP contribution in [0.2, 0.25) is 0 Å². The van der Waals surface area contributed by atoms with Crippen LogP contribution in [0.15, 0.2) is 11.6 Å². The van der Waals surface area contributed by atoms with Crippen LogP contribution in [0.3, 0.4) is 0 Å². The van der Waals surface area contributed by atoms with E-state index >= 15 is 0 Å². The molecule has 0 spiro atoms. The minimum absolute atomic E-state index is 0. The largest absolute Gasteiger partial charge is 0.316 e. The van der Waals surface area contributed by atoms with Crippen LogP contribution < -0.4 is 5.32 Å². The number of halogens is 1. The lowest BCUT2D eigenvalue weighted by atomic mass is 9.87. The number of rotatable bonds is 1. The van der Waals surface area contributed by atoms with Crippen LogP contribution in [-0.2, 0) is 0 Å². The second kappa shape index (κ2) is 7.29. The van der Waals surface area contributed by atoms with Gasteiger partial charge < -0.3 is 5.32 Å². The number of allylic oxidation sites excluding steroid dienone is 1. The first-order valence-corrected chi connectivity index (χ1v) is 6.35. The average molecular weight is 230 g/mol. The molecule has 0 amide bonds. The first-order chi connectivity index (χ1) is 6.95. The second-order valence-electron chi connectivity index (χ2n) is 4.83. The summed E-state index contributed by atoms with van der Waals surface area (Å²) < 4.78 is 0. The molecule has 0 radical (unpaired) electrons. The second-order valence-corrected chi connectivity index (χ2v) is 4.83. The number of hydrogen-bond acceptors (Lipinski definition) is 1. The average Bonchev–Trinajstić information content (AvgIpc) is 2.48. The maximum atomic E-state index is 3.47. The molecule has 15 heavy (non-hydrogen) atoms. The van der Waals surface area contributed by atoms with Gasteiger partial charge in [0, 0.05) is 0 Å². The minimum Gasteiger partial charge on any atom is -0.316 e. The van der Waals surface area contributed by atoms with Crippen LogP contribution in [0.25, 0.3) is 0 Å². The van der Waals surface area contributed by atoms with E-state index in [0.717, 1.165) is 5.92 Å². The molecule has 0 aromatic heterocycles. The molecule has 1 aliphatic carbocycles. The Morgan fingerprint density at radius 2 is 1.73 bits per heavy atom. The van der Waals surface area contributed by atoms with Crippen molar-refractivity contribution in [1.29, 1.82) is 0 Å². The molecule has 88 valence electrons. The van der Waals surface area contributed by atoms with E-state index in [-0.39, 0.29) is 12.4 Å². The van der Waals surface area contributed by atoms with Gasteiger partial charge in [-0.25, -0.2) is 0 Å². The lowest BCUT2D eigenvalue weighted by Crippen LogP contribution is -2.13. The van der Waals surface area contributed by atoms with Crippen molar-refractivity contribution in [3.8, 4) is 0 Å². The van der Waals surface area contributed by atoms with Crippen molar-refractivity contribution in [1.82, 2.24) is 5.32 Å². The van der Waals surface area contributed by atoms with Crippen molar-refractivity contribution in [2.75, 3.05) is 13.1 Å². The zero-order valence-electron chi connectivity index (χ0n) is 9.63. The molecule has 0 atom stereocenters. The van der Waals surface area contributed by atoms with Gasteiger partial charge >= 0.3 is 0 Å². The van der Waals surface area contributed by atoms with Crippen LogP contribution in [0.4, 0.5) is 0 Å². The summed E-state index contributed by atoms with van der Waals surface area (Å²) in [5.41, 5.74) is 1.74. The molecular formula is C13H24ClN. The Morgan fingerprint density at radius 3 is 2.53 bits per heavy atom. The standard InChI is InChI=1S/C13H23N.ClH/c1-2-5-12(6-3-1)11-13-7-4-9-14-10-8-13;/h11-12,14H,1-10H2;1H. The van der Waals surface area contributed by atoms with Crippen molar-refractivity contribution < 1.29 is 0 Å². The van der Waals surface area contributed by atoms with E-state index in [2.05, 4.69) is 11.4 Å². The van der Waals surface area contributed by atoms with E-state index in [4.69, 9.17) is 0 Å². The summed E-state index contributed by atoms with van der Waals surface area (Å²) in [6.07, 6.45) is 13.9. The normalized spacial score (nSPS) is 27.1. The van der Waals surface area contributed by atoms with Gasteiger partial charge in [0.25, 0.3) is 0 Å². The Balaban J connectivity index is 0.00000112. The van der Waals surface area contributed by atoms with Crippen LogP contribution in [0.5, 0.6) is 0 Å². The third kappa shape index (κ3) is 4.56. The molecule has 2 aliphatic rings. The Hall–Kier alpha value is -0.0100. The highest BCUT2D eigenvalue weighted by atomic mass is 35.5.